The molecular weight excluding hydrogens is 771 g/mol. The molecule has 322 valence electrons. The van der Waals surface area contributed by atoms with Crippen LogP contribution in [0, 0.1) is 5.41 Å². The monoisotopic (exact) mass is 829 g/mol. The van der Waals surface area contributed by atoms with E-state index >= 15 is 0 Å². The third kappa shape index (κ3) is 7.78. The van der Waals surface area contributed by atoms with Gasteiger partial charge in [-0.2, -0.15) is 0 Å². The number of likely N-dealkylation sites (tertiary alicyclic amines) is 1. The van der Waals surface area contributed by atoms with Crippen molar-refractivity contribution in [1.82, 2.24) is 28.9 Å². The van der Waals surface area contributed by atoms with Crippen LogP contribution in [0.4, 0.5) is 23.0 Å². The summed E-state index contributed by atoms with van der Waals surface area (Å²) < 4.78 is 9.31. The molecule has 0 saturated carbocycles. The van der Waals surface area contributed by atoms with E-state index in [1.54, 1.807) is 30.4 Å². The molecule has 3 fully saturated rings. The van der Waals surface area contributed by atoms with Gasteiger partial charge in [0, 0.05) is 125 Å². The molecule has 5 aliphatic rings. The van der Waals surface area contributed by atoms with Crippen molar-refractivity contribution < 1.29 is 19.4 Å². The number of nitrogens with one attached hydrogen (secondary N) is 1. The molecule has 0 bridgehead atoms. The molecule has 3 saturated heterocycles. The maximum atomic E-state index is 14.1. The van der Waals surface area contributed by atoms with Gasteiger partial charge in [0.15, 0.2) is 5.82 Å². The summed E-state index contributed by atoms with van der Waals surface area (Å²) in [7, 11) is 1.69. The van der Waals surface area contributed by atoms with Gasteiger partial charge in [0.25, 0.3) is 11.5 Å². The van der Waals surface area contributed by atoms with Gasteiger partial charge in [0.05, 0.1) is 12.3 Å². The lowest BCUT2D eigenvalue weighted by Gasteiger charge is -2.46. The fraction of sp³-hybridized carbons (Fsp3) is 0.511. The summed E-state index contributed by atoms with van der Waals surface area (Å²) >= 11 is 0. The van der Waals surface area contributed by atoms with Gasteiger partial charge in [-0.15, -0.1) is 0 Å². The van der Waals surface area contributed by atoms with Crippen LogP contribution in [-0.4, -0.2) is 110 Å². The molecule has 7 heterocycles. The highest BCUT2D eigenvalue weighted by Crippen LogP contribution is 2.41. The second-order valence-corrected chi connectivity index (χ2v) is 18.4. The Kier molecular flexibility index (Phi) is 11.1. The molecule has 9 rings (SSSR count). The number of hydrogen-bond donors (Lipinski definition) is 2. The molecule has 61 heavy (non-hydrogen) atoms. The average Bonchev–Trinajstić information content (AvgIpc) is 3.77. The van der Waals surface area contributed by atoms with E-state index in [0.29, 0.717) is 60.6 Å². The van der Waals surface area contributed by atoms with Crippen molar-refractivity contribution in [3.05, 3.63) is 93.8 Å². The van der Waals surface area contributed by atoms with E-state index in [4.69, 9.17) is 9.72 Å². The van der Waals surface area contributed by atoms with E-state index < -0.39 is 0 Å². The van der Waals surface area contributed by atoms with Crippen LogP contribution in [0.25, 0.3) is 11.3 Å². The molecule has 0 radical (unpaired) electrons. The third-order valence-electron chi connectivity index (χ3n) is 13.7. The largest absolute Gasteiger partial charge is 0.392 e. The van der Waals surface area contributed by atoms with Crippen molar-refractivity contribution in [3.8, 4) is 11.3 Å². The number of aliphatic hydroxyl groups excluding tert-OH is 1. The van der Waals surface area contributed by atoms with Crippen LogP contribution in [-0.2, 0) is 42.6 Å². The van der Waals surface area contributed by atoms with E-state index in [1.165, 1.54) is 21.9 Å². The molecule has 14 nitrogen and oxygen atoms in total. The van der Waals surface area contributed by atoms with Gasteiger partial charge in [-0.25, -0.2) is 9.97 Å². The summed E-state index contributed by atoms with van der Waals surface area (Å²) in [5.74, 6) is 0.418. The van der Waals surface area contributed by atoms with Gasteiger partial charge in [0.1, 0.15) is 11.5 Å². The van der Waals surface area contributed by atoms with Crippen LogP contribution in [0.2, 0.25) is 0 Å². The predicted molar refractivity (Wildman–Crippen MR) is 237 cm³/mol. The normalized spacial score (nSPS) is 22.0. The number of benzene rings is 1. The Balaban J connectivity index is 1.02. The molecular formula is C47H59N9O5. The van der Waals surface area contributed by atoms with Gasteiger partial charge in [-0.1, -0.05) is 20.4 Å². The van der Waals surface area contributed by atoms with Crippen molar-refractivity contribution in [2.45, 2.75) is 90.4 Å². The smallest absolute Gasteiger partial charge is 0.293 e. The standard InChI is InChI=1S/C47H59N9O5/c1-6-42(58)53-15-7-8-31(27-53)36-23-33(9-10-39(36)54-17-16-52(26-30(54)2)34-12-20-61-21-13-34)49-43-46(60)51(5)28-38(50-43)35-11-14-48-44(37(35)29-57)56-19-18-55-40(45(56)59)22-32-24-47(3,4)25-41(32)55/h6,9-11,14,22-23,28,30-31,34,57H,1,7-8,12-13,15-21,24-27,29H2,2-5H3,(H,49,50)/t30-,31?/m0/s1. The number of aryl methyl sites for hydroxylation is 1. The Morgan fingerprint density at radius 2 is 1.85 bits per heavy atom. The molecule has 1 unspecified atom stereocenters. The molecule has 4 aromatic rings. The predicted octanol–water partition coefficient (Wildman–Crippen LogP) is 5.25. The number of fused-ring (bicyclic) bond motifs is 3. The van der Waals surface area contributed by atoms with Gasteiger partial charge in [0.2, 0.25) is 5.91 Å². The number of pyridine rings is 1. The number of rotatable bonds is 9. The Hall–Kier alpha value is -5.31. The zero-order valence-electron chi connectivity index (χ0n) is 36.0. The Morgan fingerprint density at radius 3 is 2.62 bits per heavy atom. The van der Waals surface area contributed by atoms with Gasteiger partial charge < -0.3 is 34.1 Å². The minimum atomic E-state index is -0.374. The topological polar surface area (TPSA) is 141 Å². The van der Waals surface area contributed by atoms with Crippen LogP contribution in [0.15, 0.2) is 60.2 Å². The second kappa shape index (κ2) is 16.5. The zero-order chi connectivity index (χ0) is 42.6. The number of hydrogen-bond acceptors (Lipinski definition) is 10. The number of amides is 2. The number of piperidine rings is 1. The SMILES string of the molecule is C=CC(=O)N1CCCC(c2cc(Nc3nc(-c4ccnc(N5CCn6c(cc7c6CC(C)(C)C7)C5=O)c4CO)cn(C)c3=O)ccc2N2CCN(C3CCOCC3)C[C@@H]2C)C1. The number of aliphatic hydroxyl groups is 1. The number of anilines is 4. The summed E-state index contributed by atoms with van der Waals surface area (Å²) in [6.07, 6.45) is 10.5. The third-order valence-corrected chi connectivity index (χ3v) is 13.7. The lowest BCUT2D eigenvalue weighted by molar-refractivity contribution is -0.127. The quantitative estimate of drug-likeness (QED) is 0.215. The Bertz CT molecular complexity index is 2420. The highest BCUT2D eigenvalue weighted by Gasteiger charge is 2.38. The molecule has 1 aliphatic carbocycles. The first-order valence-electron chi connectivity index (χ1n) is 22.0. The number of aromatic nitrogens is 4. The van der Waals surface area contributed by atoms with E-state index in [9.17, 15) is 19.5 Å². The highest BCUT2D eigenvalue weighted by molar-refractivity contribution is 6.06. The maximum Gasteiger partial charge on any atom is 0.293 e. The molecule has 0 spiro atoms. The molecule has 1 aromatic carbocycles. The van der Waals surface area contributed by atoms with Crippen molar-refractivity contribution in [2.75, 3.05) is 67.6 Å². The van der Waals surface area contributed by atoms with E-state index in [0.717, 1.165) is 88.3 Å². The van der Waals surface area contributed by atoms with Crippen molar-refractivity contribution in [1.29, 1.82) is 0 Å². The summed E-state index contributed by atoms with van der Waals surface area (Å²) in [6, 6.07) is 10.9. The minimum absolute atomic E-state index is 0.0586. The van der Waals surface area contributed by atoms with Crippen molar-refractivity contribution in [3.63, 3.8) is 0 Å². The number of carbonyl (C=O) groups is 2. The van der Waals surface area contributed by atoms with Crippen LogP contribution in [0.1, 0.15) is 85.2 Å². The minimum Gasteiger partial charge on any atom is -0.392 e. The van der Waals surface area contributed by atoms with Crippen LogP contribution < -0.4 is 20.7 Å². The second-order valence-electron chi connectivity index (χ2n) is 18.4. The Labute approximate surface area is 357 Å². The number of ether oxygens (including phenoxy) is 1. The van der Waals surface area contributed by atoms with E-state index in [2.05, 4.69) is 64.2 Å². The van der Waals surface area contributed by atoms with E-state index in [1.807, 2.05) is 17.0 Å². The van der Waals surface area contributed by atoms with Gasteiger partial charge in [-0.3, -0.25) is 24.2 Å². The first-order valence-corrected chi connectivity index (χ1v) is 22.0. The lowest BCUT2D eigenvalue weighted by atomic mass is 9.88. The molecule has 2 amide bonds. The first-order chi connectivity index (χ1) is 29.4. The lowest BCUT2D eigenvalue weighted by Crippen LogP contribution is -2.56. The average molecular weight is 830 g/mol. The summed E-state index contributed by atoms with van der Waals surface area (Å²) in [6.45, 7) is 17.0. The summed E-state index contributed by atoms with van der Waals surface area (Å²) in [5, 5.41) is 14.2. The first kappa shape index (κ1) is 41.1. The molecule has 14 heteroatoms. The maximum absolute atomic E-state index is 14.1. The number of nitrogens with zero attached hydrogens (tertiary/aromatic N) is 8. The van der Waals surface area contributed by atoms with Crippen LogP contribution >= 0.6 is 0 Å². The Morgan fingerprint density at radius 1 is 1.03 bits per heavy atom. The summed E-state index contributed by atoms with van der Waals surface area (Å²) in [5.41, 5.74) is 7.53. The summed E-state index contributed by atoms with van der Waals surface area (Å²) in [4.78, 5) is 58.9. The highest BCUT2D eigenvalue weighted by atomic mass is 16.5. The van der Waals surface area contributed by atoms with Crippen molar-refractivity contribution >= 4 is 34.8 Å². The zero-order valence-corrected chi connectivity index (χ0v) is 36.0. The van der Waals surface area contributed by atoms with Gasteiger partial charge in [-0.05, 0) is 98.4 Å². The molecule has 2 N–H and O–H groups in total. The van der Waals surface area contributed by atoms with Crippen molar-refractivity contribution in [2.24, 2.45) is 12.5 Å². The fourth-order valence-electron chi connectivity index (χ4n) is 10.7. The fourth-order valence-corrected chi connectivity index (χ4v) is 10.7. The number of carbonyl (C=O) groups excluding carboxylic acids is 2. The molecule has 2 atom stereocenters. The van der Waals surface area contributed by atoms with E-state index in [-0.39, 0.29) is 47.2 Å². The number of piperazine rings is 1. The van der Waals surface area contributed by atoms with Crippen LogP contribution in [0.5, 0.6) is 0 Å². The van der Waals surface area contributed by atoms with Gasteiger partial charge >= 0.3 is 0 Å². The molecule has 3 aromatic heterocycles. The van der Waals surface area contributed by atoms with Crippen LogP contribution in [0.3, 0.4) is 0 Å². The molecule has 4 aliphatic heterocycles.